The van der Waals surface area contributed by atoms with E-state index < -0.39 is 17.5 Å². The van der Waals surface area contributed by atoms with Crippen molar-refractivity contribution < 1.29 is 13.6 Å². The van der Waals surface area contributed by atoms with Crippen LogP contribution in [0, 0.1) is 18.6 Å². The third kappa shape index (κ3) is 3.03. The first-order chi connectivity index (χ1) is 8.97. The summed E-state index contributed by atoms with van der Waals surface area (Å²) in [6, 6.07) is 1.79. The fourth-order valence-electron chi connectivity index (χ4n) is 1.39. The Hall–Kier alpha value is -2.08. The number of benzene rings is 1. The Kier molecular flexibility index (Phi) is 3.71. The summed E-state index contributed by atoms with van der Waals surface area (Å²) in [5.74, 6) is -2.27. The molecule has 1 amide bonds. The molecule has 1 aromatic carbocycles. The summed E-state index contributed by atoms with van der Waals surface area (Å²) in [6.07, 6.45) is 2.47. The Bertz CT molecular complexity index is 632. The van der Waals surface area contributed by atoms with Gasteiger partial charge in [-0.3, -0.25) is 4.79 Å². The smallest absolute Gasteiger partial charge is 0.259 e. The van der Waals surface area contributed by atoms with Crippen molar-refractivity contribution in [2.75, 3.05) is 5.32 Å². The highest BCUT2D eigenvalue weighted by Gasteiger charge is 2.15. The average molecular weight is 284 g/mol. The van der Waals surface area contributed by atoms with Gasteiger partial charge in [0.25, 0.3) is 5.91 Å². The van der Waals surface area contributed by atoms with E-state index in [1.165, 1.54) is 19.3 Å². The zero-order valence-corrected chi connectivity index (χ0v) is 10.5. The predicted octanol–water partition coefficient (Wildman–Crippen LogP) is 2.97. The topological polar surface area (TPSA) is 54.9 Å². The van der Waals surface area contributed by atoms with Crippen LogP contribution in [0.1, 0.15) is 15.9 Å². The van der Waals surface area contributed by atoms with Crippen molar-refractivity contribution in [1.82, 2.24) is 9.97 Å². The highest BCUT2D eigenvalue weighted by Crippen LogP contribution is 2.15. The van der Waals surface area contributed by atoms with Crippen LogP contribution < -0.4 is 5.32 Å². The number of hydrogen-bond acceptors (Lipinski definition) is 3. The summed E-state index contributed by atoms with van der Waals surface area (Å²) in [5.41, 5.74) is -0.0932. The summed E-state index contributed by atoms with van der Waals surface area (Å²) in [4.78, 5) is 19.3. The molecule has 98 valence electrons. The van der Waals surface area contributed by atoms with E-state index in [9.17, 15) is 13.6 Å². The second kappa shape index (κ2) is 5.27. The molecule has 0 saturated carbocycles. The van der Waals surface area contributed by atoms with Crippen molar-refractivity contribution in [3.63, 3.8) is 0 Å². The number of anilines is 1. The van der Waals surface area contributed by atoms with E-state index in [0.717, 1.165) is 6.07 Å². The molecule has 0 unspecified atom stereocenters. The van der Waals surface area contributed by atoms with Gasteiger partial charge in [-0.15, -0.1) is 0 Å². The zero-order valence-electron chi connectivity index (χ0n) is 9.75. The Morgan fingerprint density at radius 2 is 1.95 bits per heavy atom. The molecular weight excluding hydrogens is 276 g/mol. The molecule has 2 rings (SSSR count). The quantitative estimate of drug-likeness (QED) is 0.922. The first kappa shape index (κ1) is 13.4. The van der Waals surface area contributed by atoms with Crippen LogP contribution in [0.3, 0.4) is 0 Å². The van der Waals surface area contributed by atoms with E-state index in [-0.39, 0.29) is 22.1 Å². The van der Waals surface area contributed by atoms with Crippen LogP contribution in [-0.4, -0.2) is 15.9 Å². The maximum Gasteiger partial charge on any atom is 0.259 e. The number of aromatic nitrogens is 2. The minimum absolute atomic E-state index is 0.121. The van der Waals surface area contributed by atoms with Gasteiger partial charge >= 0.3 is 0 Å². The normalized spacial score (nSPS) is 10.3. The highest BCUT2D eigenvalue weighted by molar-refractivity contribution is 6.29. The van der Waals surface area contributed by atoms with Crippen LogP contribution in [0.5, 0.6) is 0 Å². The van der Waals surface area contributed by atoms with Crippen LogP contribution in [0.4, 0.5) is 14.6 Å². The molecule has 0 aliphatic carbocycles. The van der Waals surface area contributed by atoms with Gasteiger partial charge < -0.3 is 5.32 Å². The van der Waals surface area contributed by atoms with Crippen molar-refractivity contribution in [3.8, 4) is 0 Å². The largest absolute Gasteiger partial charge is 0.305 e. The fraction of sp³-hybridized carbons (Fsp3) is 0.0833. The molecule has 19 heavy (non-hydrogen) atoms. The third-order valence-electron chi connectivity index (χ3n) is 2.35. The standard InChI is InChI=1S/C12H8ClF2N3O/c1-6-2-7(9(15)3-8(6)14)12(19)18-11-5-16-10(13)4-17-11/h2-5H,1H3,(H,17,18,19). The van der Waals surface area contributed by atoms with Crippen molar-refractivity contribution in [2.24, 2.45) is 0 Å². The van der Waals surface area contributed by atoms with Gasteiger partial charge in [-0.2, -0.15) is 0 Å². The van der Waals surface area contributed by atoms with Gasteiger partial charge in [0.2, 0.25) is 0 Å². The second-order valence-electron chi connectivity index (χ2n) is 3.76. The predicted molar refractivity (Wildman–Crippen MR) is 66.1 cm³/mol. The number of hydrogen-bond donors (Lipinski definition) is 1. The number of halogens is 3. The number of nitrogens with one attached hydrogen (secondary N) is 1. The number of carbonyl (C=O) groups is 1. The van der Waals surface area contributed by atoms with E-state index in [2.05, 4.69) is 15.3 Å². The van der Waals surface area contributed by atoms with E-state index >= 15 is 0 Å². The molecule has 0 aliphatic heterocycles. The third-order valence-corrected chi connectivity index (χ3v) is 2.55. The van der Waals surface area contributed by atoms with E-state index in [4.69, 9.17) is 11.6 Å². The summed E-state index contributed by atoms with van der Waals surface area (Å²) in [6.45, 7) is 1.44. The first-order valence-electron chi connectivity index (χ1n) is 5.22. The summed E-state index contributed by atoms with van der Waals surface area (Å²) < 4.78 is 26.6. The monoisotopic (exact) mass is 283 g/mol. The maximum atomic E-state index is 13.5. The number of aryl methyl sites for hydroxylation is 1. The van der Waals surface area contributed by atoms with Gasteiger partial charge in [0.1, 0.15) is 16.8 Å². The van der Waals surface area contributed by atoms with Crippen molar-refractivity contribution in [3.05, 3.63) is 52.4 Å². The number of carbonyl (C=O) groups excluding carboxylic acids is 1. The Morgan fingerprint density at radius 1 is 1.21 bits per heavy atom. The molecule has 0 atom stereocenters. The van der Waals surface area contributed by atoms with Crippen LogP contribution in [0.25, 0.3) is 0 Å². The van der Waals surface area contributed by atoms with Gasteiger partial charge in [-0.25, -0.2) is 18.7 Å². The van der Waals surface area contributed by atoms with Gasteiger partial charge in [0.05, 0.1) is 18.0 Å². The van der Waals surface area contributed by atoms with Crippen molar-refractivity contribution in [2.45, 2.75) is 6.92 Å². The SMILES string of the molecule is Cc1cc(C(=O)Nc2cnc(Cl)cn2)c(F)cc1F. The summed E-state index contributed by atoms with van der Waals surface area (Å²) >= 11 is 5.54. The van der Waals surface area contributed by atoms with E-state index in [1.54, 1.807) is 0 Å². The molecule has 0 saturated heterocycles. The summed E-state index contributed by atoms with van der Waals surface area (Å²) in [5, 5.41) is 2.51. The number of nitrogens with zero attached hydrogens (tertiary/aromatic N) is 2. The van der Waals surface area contributed by atoms with Crippen LogP contribution in [0.15, 0.2) is 24.5 Å². The number of amides is 1. The number of rotatable bonds is 2. The molecule has 0 bridgehead atoms. The molecule has 0 radical (unpaired) electrons. The molecule has 1 aromatic heterocycles. The van der Waals surface area contributed by atoms with Gasteiger partial charge in [0, 0.05) is 6.07 Å². The van der Waals surface area contributed by atoms with Gasteiger partial charge in [0.15, 0.2) is 5.82 Å². The van der Waals surface area contributed by atoms with Gasteiger partial charge in [-0.1, -0.05) is 11.6 Å². The molecule has 0 aliphatic rings. The first-order valence-corrected chi connectivity index (χ1v) is 5.59. The van der Waals surface area contributed by atoms with E-state index in [1.807, 2.05) is 0 Å². The zero-order chi connectivity index (χ0) is 14.0. The van der Waals surface area contributed by atoms with Crippen LogP contribution in [-0.2, 0) is 0 Å². The fourth-order valence-corrected chi connectivity index (χ4v) is 1.49. The molecular formula is C12H8ClF2N3O. The Balaban J connectivity index is 2.25. The molecule has 0 fully saturated rings. The Morgan fingerprint density at radius 3 is 2.58 bits per heavy atom. The highest BCUT2D eigenvalue weighted by atomic mass is 35.5. The molecule has 1 N–H and O–H groups in total. The van der Waals surface area contributed by atoms with Crippen LogP contribution >= 0.6 is 11.6 Å². The van der Waals surface area contributed by atoms with Crippen LogP contribution in [0.2, 0.25) is 5.15 Å². The summed E-state index contributed by atoms with van der Waals surface area (Å²) in [7, 11) is 0. The lowest BCUT2D eigenvalue weighted by Gasteiger charge is -2.06. The second-order valence-corrected chi connectivity index (χ2v) is 4.15. The molecule has 1 heterocycles. The maximum absolute atomic E-state index is 13.5. The van der Waals surface area contributed by atoms with Crippen molar-refractivity contribution in [1.29, 1.82) is 0 Å². The Labute approximate surface area is 112 Å². The minimum Gasteiger partial charge on any atom is -0.305 e. The van der Waals surface area contributed by atoms with E-state index in [0.29, 0.717) is 6.07 Å². The minimum atomic E-state index is -0.942. The average Bonchev–Trinajstić information content (AvgIpc) is 2.36. The lowest BCUT2D eigenvalue weighted by molar-refractivity contribution is 0.102. The lowest BCUT2D eigenvalue weighted by Crippen LogP contribution is -2.15. The molecule has 2 aromatic rings. The molecule has 0 spiro atoms. The molecule has 4 nitrogen and oxygen atoms in total. The van der Waals surface area contributed by atoms with Crippen molar-refractivity contribution >= 4 is 23.3 Å². The molecule has 7 heteroatoms. The van der Waals surface area contributed by atoms with Gasteiger partial charge in [-0.05, 0) is 18.6 Å². The lowest BCUT2D eigenvalue weighted by atomic mass is 10.1.